The molecule has 152 valence electrons. The van der Waals surface area contributed by atoms with Crippen LogP contribution in [0.2, 0.25) is 0 Å². The second-order valence-corrected chi connectivity index (χ2v) is 7.88. The van der Waals surface area contributed by atoms with E-state index in [0.29, 0.717) is 25.6 Å². The van der Waals surface area contributed by atoms with Crippen molar-refractivity contribution in [1.29, 1.82) is 0 Å². The number of ether oxygens (including phenoxy) is 1. The lowest BCUT2D eigenvalue weighted by Gasteiger charge is -2.11. The SMILES string of the molecule is O=C(Oc1c(Br)cc(Br)cc1C=NNC(=O)C(O)c1ccccc1)c1ccccc1. The topological polar surface area (TPSA) is 88.0 Å². The molecule has 0 fully saturated rings. The number of benzene rings is 3. The monoisotopic (exact) mass is 530 g/mol. The number of hydrogen-bond donors (Lipinski definition) is 2. The van der Waals surface area contributed by atoms with Gasteiger partial charge < -0.3 is 9.84 Å². The van der Waals surface area contributed by atoms with Crippen molar-refractivity contribution in [2.24, 2.45) is 5.10 Å². The Bertz CT molecular complexity index is 1070. The molecule has 0 aromatic heterocycles. The molecule has 0 aliphatic rings. The van der Waals surface area contributed by atoms with Crippen LogP contribution < -0.4 is 10.2 Å². The van der Waals surface area contributed by atoms with Gasteiger partial charge in [0.05, 0.1) is 16.3 Å². The van der Waals surface area contributed by atoms with Crippen molar-refractivity contribution in [1.82, 2.24) is 5.43 Å². The predicted octanol–water partition coefficient (Wildman–Crippen LogP) is 4.61. The average molecular weight is 532 g/mol. The first-order chi connectivity index (χ1) is 14.5. The summed E-state index contributed by atoms with van der Waals surface area (Å²) in [5.41, 5.74) is 3.58. The molecule has 0 heterocycles. The molecular formula is C22H16Br2N2O4. The molecule has 8 heteroatoms. The van der Waals surface area contributed by atoms with Crippen molar-refractivity contribution in [3.05, 3.63) is 98.4 Å². The Hall–Kier alpha value is -2.81. The number of nitrogens with one attached hydrogen (secondary N) is 1. The van der Waals surface area contributed by atoms with E-state index >= 15 is 0 Å². The Morgan fingerprint density at radius 2 is 1.63 bits per heavy atom. The van der Waals surface area contributed by atoms with Crippen LogP contribution in [0.25, 0.3) is 0 Å². The van der Waals surface area contributed by atoms with E-state index in [1.165, 1.54) is 6.21 Å². The number of carbonyl (C=O) groups is 2. The van der Waals surface area contributed by atoms with Crippen LogP contribution >= 0.6 is 31.9 Å². The Balaban J connectivity index is 1.76. The van der Waals surface area contributed by atoms with Gasteiger partial charge in [-0.3, -0.25) is 4.79 Å². The van der Waals surface area contributed by atoms with Crippen LogP contribution in [-0.4, -0.2) is 23.2 Å². The minimum Gasteiger partial charge on any atom is -0.421 e. The standard InChI is InChI=1S/C22H16Br2N2O4/c23-17-11-16(13-25-26-21(28)19(27)14-7-3-1-4-8-14)20(18(24)12-17)30-22(29)15-9-5-2-6-10-15/h1-13,19,27H,(H,26,28). The Morgan fingerprint density at radius 1 is 1.00 bits per heavy atom. The van der Waals surface area contributed by atoms with Gasteiger partial charge in [-0.1, -0.05) is 64.5 Å². The van der Waals surface area contributed by atoms with Crippen LogP contribution in [-0.2, 0) is 4.79 Å². The van der Waals surface area contributed by atoms with Gasteiger partial charge in [0.15, 0.2) is 11.9 Å². The molecule has 30 heavy (non-hydrogen) atoms. The fraction of sp³-hybridized carbons (Fsp3) is 0.0455. The van der Waals surface area contributed by atoms with Crippen molar-refractivity contribution in [3.63, 3.8) is 0 Å². The van der Waals surface area contributed by atoms with Crippen LogP contribution in [0.3, 0.4) is 0 Å². The van der Waals surface area contributed by atoms with E-state index in [-0.39, 0.29) is 5.75 Å². The van der Waals surface area contributed by atoms with E-state index in [1.807, 2.05) is 0 Å². The summed E-state index contributed by atoms with van der Waals surface area (Å²) in [6, 6.07) is 20.5. The van der Waals surface area contributed by atoms with Gasteiger partial charge in [0, 0.05) is 10.0 Å². The second kappa shape index (κ2) is 10.3. The summed E-state index contributed by atoms with van der Waals surface area (Å²) in [5, 5.41) is 14.0. The van der Waals surface area contributed by atoms with Crippen molar-refractivity contribution in [2.45, 2.75) is 6.10 Å². The molecule has 0 aliphatic carbocycles. The molecule has 0 radical (unpaired) electrons. The lowest BCUT2D eigenvalue weighted by molar-refractivity contribution is -0.129. The van der Waals surface area contributed by atoms with Gasteiger partial charge in [0.25, 0.3) is 5.91 Å². The highest BCUT2D eigenvalue weighted by Crippen LogP contribution is 2.32. The Labute approximate surface area is 189 Å². The van der Waals surface area contributed by atoms with E-state index in [1.54, 1.807) is 72.8 Å². The smallest absolute Gasteiger partial charge is 0.343 e. The molecule has 3 aromatic rings. The Kier molecular flexibility index (Phi) is 7.51. The first kappa shape index (κ1) is 21.9. The van der Waals surface area contributed by atoms with Crippen LogP contribution in [0.15, 0.2) is 86.8 Å². The number of halogens is 2. The number of carbonyl (C=O) groups excluding carboxylic acids is 2. The number of esters is 1. The van der Waals surface area contributed by atoms with Gasteiger partial charge in [-0.25, -0.2) is 10.2 Å². The maximum Gasteiger partial charge on any atom is 0.343 e. The molecule has 1 atom stereocenters. The van der Waals surface area contributed by atoms with E-state index < -0.39 is 18.0 Å². The lowest BCUT2D eigenvalue weighted by atomic mass is 10.1. The highest BCUT2D eigenvalue weighted by Gasteiger charge is 2.17. The summed E-state index contributed by atoms with van der Waals surface area (Å²) in [6.07, 6.45) is -0.0216. The Morgan fingerprint density at radius 3 is 2.30 bits per heavy atom. The third kappa shape index (κ3) is 5.63. The van der Waals surface area contributed by atoms with E-state index in [9.17, 15) is 14.7 Å². The fourth-order valence-corrected chi connectivity index (χ4v) is 3.86. The maximum atomic E-state index is 12.4. The first-order valence-electron chi connectivity index (χ1n) is 8.78. The molecule has 0 saturated carbocycles. The van der Waals surface area contributed by atoms with Gasteiger partial charge >= 0.3 is 5.97 Å². The molecule has 0 spiro atoms. The summed E-state index contributed by atoms with van der Waals surface area (Å²) >= 11 is 6.75. The zero-order valence-corrected chi connectivity index (χ0v) is 18.6. The third-order valence-corrected chi connectivity index (χ3v) is 5.03. The number of amides is 1. The van der Waals surface area contributed by atoms with Crippen molar-refractivity contribution < 1.29 is 19.4 Å². The van der Waals surface area contributed by atoms with Crippen LogP contribution in [0.4, 0.5) is 0 Å². The molecule has 0 aliphatic heterocycles. The summed E-state index contributed by atoms with van der Waals surface area (Å²) in [7, 11) is 0. The van der Waals surface area contributed by atoms with Gasteiger partial charge in [-0.05, 0) is 45.8 Å². The molecule has 6 nitrogen and oxygen atoms in total. The number of aliphatic hydroxyl groups excluding tert-OH is 1. The number of nitrogens with zero attached hydrogens (tertiary/aromatic N) is 1. The third-order valence-electron chi connectivity index (χ3n) is 3.98. The minimum atomic E-state index is -1.35. The zero-order chi connectivity index (χ0) is 21.5. The second-order valence-electron chi connectivity index (χ2n) is 6.11. The molecule has 3 aromatic carbocycles. The summed E-state index contributed by atoms with van der Waals surface area (Å²) in [4.78, 5) is 24.6. The van der Waals surface area contributed by atoms with Gasteiger partial charge in [-0.2, -0.15) is 5.10 Å². The lowest BCUT2D eigenvalue weighted by Crippen LogP contribution is -2.25. The molecule has 0 bridgehead atoms. The van der Waals surface area contributed by atoms with Gasteiger partial charge in [-0.15, -0.1) is 0 Å². The molecule has 0 saturated heterocycles. The molecule has 1 amide bonds. The molecular weight excluding hydrogens is 516 g/mol. The van der Waals surface area contributed by atoms with Crippen LogP contribution in [0, 0.1) is 0 Å². The fourth-order valence-electron chi connectivity index (χ4n) is 2.52. The van der Waals surface area contributed by atoms with E-state index in [2.05, 4.69) is 42.4 Å². The van der Waals surface area contributed by atoms with E-state index in [4.69, 9.17) is 4.74 Å². The normalized spacial score (nSPS) is 11.8. The first-order valence-corrected chi connectivity index (χ1v) is 10.4. The highest BCUT2D eigenvalue weighted by atomic mass is 79.9. The van der Waals surface area contributed by atoms with Crippen molar-refractivity contribution in [2.75, 3.05) is 0 Å². The number of hydrazone groups is 1. The van der Waals surface area contributed by atoms with Crippen LogP contribution in [0.1, 0.15) is 27.6 Å². The average Bonchev–Trinajstić information content (AvgIpc) is 2.76. The number of rotatable bonds is 6. The summed E-state index contributed by atoms with van der Waals surface area (Å²) in [5.74, 6) is -0.972. The quantitative estimate of drug-likeness (QED) is 0.210. The number of aliphatic hydroxyl groups is 1. The van der Waals surface area contributed by atoms with Gasteiger partial charge in [0.1, 0.15) is 0 Å². The summed E-state index contributed by atoms with van der Waals surface area (Å²) < 4.78 is 6.77. The van der Waals surface area contributed by atoms with Gasteiger partial charge in [0.2, 0.25) is 0 Å². The number of hydrogen-bond acceptors (Lipinski definition) is 5. The van der Waals surface area contributed by atoms with E-state index in [0.717, 1.165) is 0 Å². The maximum absolute atomic E-state index is 12.4. The zero-order valence-electron chi connectivity index (χ0n) is 15.5. The molecule has 3 rings (SSSR count). The molecule has 2 N–H and O–H groups in total. The van der Waals surface area contributed by atoms with Crippen LogP contribution in [0.5, 0.6) is 5.75 Å². The largest absolute Gasteiger partial charge is 0.421 e. The van der Waals surface area contributed by atoms with Crippen molar-refractivity contribution >= 4 is 50.0 Å². The predicted molar refractivity (Wildman–Crippen MR) is 120 cm³/mol. The highest BCUT2D eigenvalue weighted by molar-refractivity contribution is 9.11. The summed E-state index contributed by atoms with van der Waals surface area (Å²) in [6.45, 7) is 0. The van der Waals surface area contributed by atoms with Crippen molar-refractivity contribution in [3.8, 4) is 5.75 Å². The molecule has 1 unspecified atom stereocenters. The minimum absolute atomic E-state index is 0.244.